The van der Waals surface area contributed by atoms with E-state index in [1.807, 2.05) is 48.5 Å². The summed E-state index contributed by atoms with van der Waals surface area (Å²) in [6.45, 7) is 2.66. The van der Waals surface area contributed by atoms with Crippen LogP contribution in [0.3, 0.4) is 0 Å². The zero-order valence-electron chi connectivity index (χ0n) is 12.0. The summed E-state index contributed by atoms with van der Waals surface area (Å²) in [5.41, 5.74) is 8.22. The number of rotatable bonds is 6. The van der Waals surface area contributed by atoms with Gasteiger partial charge in [0.2, 0.25) is 0 Å². The third-order valence-corrected chi connectivity index (χ3v) is 3.19. The Kier molecular flexibility index (Phi) is 5.16. The fourth-order valence-corrected chi connectivity index (χ4v) is 2.02. The lowest BCUT2D eigenvalue weighted by atomic mass is 10.1. The molecule has 2 rings (SSSR count). The van der Waals surface area contributed by atoms with E-state index in [0.717, 1.165) is 29.0 Å². The Morgan fingerprint density at radius 2 is 1.80 bits per heavy atom. The van der Waals surface area contributed by atoms with Crippen LogP contribution in [0.15, 0.2) is 48.5 Å². The molecule has 1 atom stereocenters. The van der Waals surface area contributed by atoms with Gasteiger partial charge in [0.05, 0.1) is 6.61 Å². The van der Waals surface area contributed by atoms with Crippen molar-refractivity contribution in [2.75, 3.05) is 7.11 Å². The highest BCUT2D eigenvalue weighted by atomic mass is 16.5. The summed E-state index contributed by atoms with van der Waals surface area (Å²) in [5, 5.41) is 0. The highest BCUT2D eigenvalue weighted by molar-refractivity contribution is 5.35. The van der Waals surface area contributed by atoms with Gasteiger partial charge in [-0.15, -0.1) is 0 Å². The molecule has 20 heavy (non-hydrogen) atoms. The zero-order valence-corrected chi connectivity index (χ0v) is 12.0. The number of nitrogens with two attached hydrogens (primary N) is 1. The van der Waals surface area contributed by atoms with E-state index >= 15 is 0 Å². The minimum absolute atomic E-state index is 0.0917. The van der Waals surface area contributed by atoms with E-state index in [0.29, 0.717) is 6.61 Å². The molecule has 0 radical (unpaired) electrons. The van der Waals surface area contributed by atoms with E-state index in [9.17, 15) is 0 Å². The Labute approximate surface area is 120 Å². The molecule has 2 N–H and O–H groups in total. The van der Waals surface area contributed by atoms with Crippen LogP contribution in [-0.4, -0.2) is 7.11 Å². The van der Waals surface area contributed by atoms with Gasteiger partial charge < -0.3 is 15.2 Å². The van der Waals surface area contributed by atoms with Crippen molar-refractivity contribution in [3.63, 3.8) is 0 Å². The van der Waals surface area contributed by atoms with Crippen molar-refractivity contribution in [1.29, 1.82) is 0 Å². The van der Waals surface area contributed by atoms with E-state index in [-0.39, 0.29) is 6.04 Å². The molecule has 0 saturated heterocycles. The summed E-state index contributed by atoms with van der Waals surface area (Å²) in [4.78, 5) is 0. The first-order valence-corrected chi connectivity index (χ1v) is 6.84. The lowest BCUT2D eigenvalue weighted by molar-refractivity contribution is 0.184. The summed E-state index contributed by atoms with van der Waals surface area (Å²) in [5.74, 6) is 1.62. The maximum Gasteiger partial charge on any atom is 0.127 e. The van der Waals surface area contributed by atoms with E-state index in [4.69, 9.17) is 15.2 Å². The first-order valence-electron chi connectivity index (χ1n) is 6.84. The standard InChI is InChI=1S/C17H21NO2/c1-3-17(18)14-7-9-15(10-8-14)20-16-6-4-5-13(11-16)12-19-2/h4-11,17H,3,12,18H2,1-2H3/t17-/m0/s1. The minimum Gasteiger partial charge on any atom is -0.457 e. The Balaban J connectivity index is 2.08. The summed E-state index contributed by atoms with van der Waals surface area (Å²) >= 11 is 0. The number of hydrogen-bond acceptors (Lipinski definition) is 3. The third kappa shape index (κ3) is 3.83. The second-order valence-electron chi connectivity index (χ2n) is 4.77. The minimum atomic E-state index is 0.0917. The van der Waals surface area contributed by atoms with Gasteiger partial charge in [-0.05, 0) is 41.8 Å². The highest BCUT2D eigenvalue weighted by Gasteiger charge is 2.04. The van der Waals surface area contributed by atoms with Crippen LogP contribution in [0.25, 0.3) is 0 Å². The molecule has 3 nitrogen and oxygen atoms in total. The van der Waals surface area contributed by atoms with Crippen molar-refractivity contribution in [1.82, 2.24) is 0 Å². The predicted molar refractivity (Wildman–Crippen MR) is 80.9 cm³/mol. The molecule has 0 unspecified atom stereocenters. The molecule has 0 fully saturated rings. The summed E-state index contributed by atoms with van der Waals surface area (Å²) in [6.07, 6.45) is 0.930. The quantitative estimate of drug-likeness (QED) is 0.862. The number of methoxy groups -OCH3 is 1. The van der Waals surface area contributed by atoms with Gasteiger partial charge in [0, 0.05) is 13.2 Å². The van der Waals surface area contributed by atoms with Crippen LogP contribution >= 0.6 is 0 Å². The molecule has 0 heterocycles. The SMILES string of the molecule is CC[C@H](N)c1ccc(Oc2cccc(COC)c2)cc1. The summed E-state index contributed by atoms with van der Waals surface area (Å²) in [7, 11) is 1.68. The molecule has 0 aliphatic rings. The monoisotopic (exact) mass is 271 g/mol. The Morgan fingerprint density at radius 3 is 2.45 bits per heavy atom. The van der Waals surface area contributed by atoms with Gasteiger partial charge in [-0.1, -0.05) is 31.2 Å². The molecule has 2 aromatic carbocycles. The molecule has 2 aromatic rings. The number of benzene rings is 2. The molecule has 0 saturated carbocycles. The smallest absolute Gasteiger partial charge is 0.127 e. The lowest BCUT2D eigenvalue weighted by Crippen LogP contribution is -2.07. The maximum absolute atomic E-state index is 6.00. The van der Waals surface area contributed by atoms with Crippen molar-refractivity contribution < 1.29 is 9.47 Å². The molecule has 0 amide bonds. The fraction of sp³-hybridized carbons (Fsp3) is 0.294. The van der Waals surface area contributed by atoms with Crippen LogP contribution in [0.4, 0.5) is 0 Å². The van der Waals surface area contributed by atoms with Crippen molar-refractivity contribution in [2.45, 2.75) is 26.0 Å². The highest BCUT2D eigenvalue weighted by Crippen LogP contribution is 2.24. The Bertz CT molecular complexity index is 537. The average Bonchev–Trinajstić information content (AvgIpc) is 2.48. The van der Waals surface area contributed by atoms with Crippen LogP contribution in [-0.2, 0) is 11.3 Å². The van der Waals surface area contributed by atoms with E-state index in [1.165, 1.54) is 0 Å². The van der Waals surface area contributed by atoms with Crippen LogP contribution < -0.4 is 10.5 Å². The fourth-order valence-electron chi connectivity index (χ4n) is 2.02. The number of hydrogen-bond donors (Lipinski definition) is 1. The van der Waals surface area contributed by atoms with Crippen molar-refractivity contribution in [2.24, 2.45) is 5.73 Å². The van der Waals surface area contributed by atoms with Gasteiger partial charge in [-0.3, -0.25) is 0 Å². The van der Waals surface area contributed by atoms with E-state index < -0.39 is 0 Å². The molecule has 0 aromatic heterocycles. The Hall–Kier alpha value is -1.84. The second-order valence-corrected chi connectivity index (χ2v) is 4.77. The van der Waals surface area contributed by atoms with Gasteiger partial charge in [-0.25, -0.2) is 0 Å². The molecular weight excluding hydrogens is 250 g/mol. The van der Waals surface area contributed by atoms with Crippen LogP contribution in [0.5, 0.6) is 11.5 Å². The number of ether oxygens (including phenoxy) is 2. The molecule has 0 bridgehead atoms. The topological polar surface area (TPSA) is 44.5 Å². The van der Waals surface area contributed by atoms with Gasteiger partial charge in [-0.2, -0.15) is 0 Å². The molecule has 0 spiro atoms. The molecule has 0 aliphatic heterocycles. The van der Waals surface area contributed by atoms with Gasteiger partial charge in [0.15, 0.2) is 0 Å². The molecule has 0 aliphatic carbocycles. The van der Waals surface area contributed by atoms with Crippen molar-refractivity contribution in [3.8, 4) is 11.5 Å². The first kappa shape index (κ1) is 14.6. The molecular formula is C17H21NO2. The van der Waals surface area contributed by atoms with Gasteiger partial charge in [0.25, 0.3) is 0 Å². The van der Waals surface area contributed by atoms with Gasteiger partial charge in [0.1, 0.15) is 11.5 Å². The van der Waals surface area contributed by atoms with E-state index in [1.54, 1.807) is 7.11 Å². The largest absolute Gasteiger partial charge is 0.457 e. The predicted octanol–water partition coefficient (Wildman–Crippen LogP) is 4.04. The molecule has 3 heteroatoms. The van der Waals surface area contributed by atoms with Gasteiger partial charge >= 0.3 is 0 Å². The molecule has 106 valence electrons. The zero-order chi connectivity index (χ0) is 14.4. The maximum atomic E-state index is 6.00. The Morgan fingerprint density at radius 1 is 1.05 bits per heavy atom. The van der Waals surface area contributed by atoms with Crippen molar-refractivity contribution >= 4 is 0 Å². The second kappa shape index (κ2) is 7.08. The first-order chi connectivity index (χ1) is 9.72. The van der Waals surface area contributed by atoms with E-state index in [2.05, 4.69) is 6.92 Å². The van der Waals surface area contributed by atoms with Crippen LogP contribution in [0, 0.1) is 0 Å². The normalized spacial score (nSPS) is 12.2. The lowest BCUT2D eigenvalue weighted by Gasteiger charge is -2.11. The third-order valence-electron chi connectivity index (χ3n) is 3.19. The summed E-state index contributed by atoms with van der Waals surface area (Å²) < 4.78 is 11.0. The summed E-state index contributed by atoms with van der Waals surface area (Å²) in [6, 6.07) is 15.9. The van der Waals surface area contributed by atoms with Crippen LogP contribution in [0.1, 0.15) is 30.5 Å². The van der Waals surface area contributed by atoms with Crippen LogP contribution in [0.2, 0.25) is 0 Å². The average molecular weight is 271 g/mol. The van der Waals surface area contributed by atoms with Crippen molar-refractivity contribution in [3.05, 3.63) is 59.7 Å².